The quantitative estimate of drug-likeness (QED) is 0.867. The Morgan fingerprint density at radius 3 is 2.58 bits per heavy atom. The molecule has 0 bridgehead atoms. The second kappa shape index (κ2) is 7.78. The fourth-order valence-electron chi connectivity index (χ4n) is 3.55. The van der Waals surface area contributed by atoms with Gasteiger partial charge in [0.15, 0.2) is 0 Å². The number of halogens is 1. The third-order valence-electron chi connectivity index (χ3n) is 5.16. The van der Waals surface area contributed by atoms with E-state index in [1.807, 2.05) is 36.4 Å². The molecule has 5 heteroatoms. The van der Waals surface area contributed by atoms with Crippen molar-refractivity contribution in [2.75, 3.05) is 31.6 Å². The molecular formula is C21H23ClN2O2. The molecule has 1 aliphatic carbocycles. The molecule has 2 aromatic rings. The number of morpholine rings is 1. The largest absolute Gasteiger partial charge is 0.379 e. The van der Waals surface area contributed by atoms with Crippen molar-refractivity contribution in [3.63, 3.8) is 0 Å². The van der Waals surface area contributed by atoms with Gasteiger partial charge in [-0.2, -0.15) is 0 Å². The molecule has 1 saturated carbocycles. The Kier molecular flexibility index (Phi) is 5.25. The maximum atomic E-state index is 12.5. The number of carbonyl (C=O) groups excluding carboxylic acids is 1. The summed E-state index contributed by atoms with van der Waals surface area (Å²) in [5.74, 6) is 0.336. The van der Waals surface area contributed by atoms with Gasteiger partial charge in [0.25, 0.3) is 0 Å². The lowest BCUT2D eigenvalue weighted by Crippen LogP contribution is -2.35. The van der Waals surface area contributed by atoms with Crippen LogP contribution in [0.4, 0.5) is 5.69 Å². The molecule has 26 heavy (non-hydrogen) atoms. The lowest BCUT2D eigenvalue weighted by Gasteiger charge is -2.26. The molecule has 2 atom stereocenters. The van der Waals surface area contributed by atoms with Crippen LogP contribution >= 0.6 is 11.6 Å². The summed E-state index contributed by atoms with van der Waals surface area (Å²) >= 11 is 6.24. The highest BCUT2D eigenvalue weighted by Gasteiger charge is 2.44. The number of nitrogens with one attached hydrogen (secondary N) is 1. The molecule has 0 radical (unpaired) electrons. The summed E-state index contributed by atoms with van der Waals surface area (Å²) in [4.78, 5) is 14.9. The molecule has 1 amide bonds. The molecule has 1 saturated heterocycles. The van der Waals surface area contributed by atoms with Gasteiger partial charge < -0.3 is 10.1 Å². The lowest BCUT2D eigenvalue weighted by molar-refractivity contribution is -0.117. The molecule has 1 heterocycles. The first-order valence-corrected chi connectivity index (χ1v) is 9.53. The average Bonchev–Trinajstić information content (AvgIpc) is 3.45. The molecule has 2 unspecified atom stereocenters. The van der Waals surface area contributed by atoms with Crippen LogP contribution in [0.3, 0.4) is 0 Å². The minimum atomic E-state index is 0.0166. The van der Waals surface area contributed by atoms with Crippen molar-refractivity contribution in [3.8, 4) is 0 Å². The minimum Gasteiger partial charge on any atom is -0.379 e. The van der Waals surface area contributed by atoms with Crippen LogP contribution < -0.4 is 5.32 Å². The van der Waals surface area contributed by atoms with E-state index in [0.29, 0.717) is 0 Å². The zero-order chi connectivity index (χ0) is 17.9. The van der Waals surface area contributed by atoms with Crippen molar-refractivity contribution < 1.29 is 9.53 Å². The second-order valence-electron chi connectivity index (χ2n) is 7.04. The number of nitrogens with zero attached hydrogens (tertiary/aromatic N) is 1. The summed E-state index contributed by atoms with van der Waals surface area (Å²) in [5.41, 5.74) is 3.19. The zero-order valence-electron chi connectivity index (χ0n) is 14.7. The Morgan fingerprint density at radius 1 is 1.12 bits per heavy atom. The number of rotatable bonds is 5. The van der Waals surface area contributed by atoms with Crippen LogP contribution in [-0.2, 0) is 16.1 Å². The number of hydrogen-bond acceptors (Lipinski definition) is 3. The fraction of sp³-hybridized carbons (Fsp3) is 0.381. The van der Waals surface area contributed by atoms with Crippen molar-refractivity contribution in [1.29, 1.82) is 0 Å². The number of hydrogen-bond donors (Lipinski definition) is 1. The molecule has 136 valence electrons. The summed E-state index contributed by atoms with van der Waals surface area (Å²) in [7, 11) is 0. The van der Waals surface area contributed by atoms with E-state index in [1.165, 1.54) is 5.56 Å². The van der Waals surface area contributed by atoms with Crippen LogP contribution in [0.1, 0.15) is 23.5 Å². The van der Waals surface area contributed by atoms with Crippen molar-refractivity contribution in [2.45, 2.75) is 18.9 Å². The molecule has 2 aromatic carbocycles. The molecule has 2 fully saturated rings. The first kappa shape index (κ1) is 17.5. The molecule has 0 spiro atoms. The summed E-state index contributed by atoms with van der Waals surface area (Å²) in [6, 6.07) is 15.9. The van der Waals surface area contributed by atoms with Gasteiger partial charge in [0.1, 0.15) is 0 Å². The van der Waals surface area contributed by atoms with Gasteiger partial charge in [-0.1, -0.05) is 41.9 Å². The molecule has 0 aromatic heterocycles. The molecular weight excluding hydrogens is 348 g/mol. The number of ether oxygens (including phenoxy) is 1. The van der Waals surface area contributed by atoms with E-state index in [4.69, 9.17) is 16.3 Å². The van der Waals surface area contributed by atoms with E-state index in [1.54, 1.807) is 0 Å². The number of amides is 1. The SMILES string of the molecule is O=C(Nc1ccc(CN2CCOCC2)cc1)C1CC1c1ccccc1Cl. The van der Waals surface area contributed by atoms with E-state index in [0.717, 1.165) is 55.5 Å². The van der Waals surface area contributed by atoms with Crippen molar-refractivity contribution in [2.24, 2.45) is 5.92 Å². The summed E-state index contributed by atoms with van der Waals surface area (Å²) in [6.45, 7) is 4.49. The zero-order valence-corrected chi connectivity index (χ0v) is 15.4. The Hall–Kier alpha value is -1.88. The van der Waals surface area contributed by atoms with Crippen LogP contribution in [0.2, 0.25) is 5.02 Å². The molecule has 1 N–H and O–H groups in total. The maximum absolute atomic E-state index is 12.5. The Labute approximate surface area is 159 Å². The van der Waals surface area contributed by atoms with Crippen molar-refractivity contribution in [1.82, 2.24) is 4.90 Å². The fourth-order valence-corrected chi connectivity index (χ4v) is 3.83. The van der Waals surface area contributed by atoms with Crippen LogP contribution in [0.15, 0.2) is 48.5 Å². The molecule has 4 rings (SSSR count). The Morgan fingerprint density at radius 2 is 1.85 bits per heavy atom. The van der Waals surface area contributed by atoms with Gasteiger partial charge in [0.05, 0.1) is 13.2 Å². The lowest BCUT2D eigenvalue weighted by atomic mass is 10.1. The van der Waals surface area contributed by atoms with Crippen LogP contribution in [0, 0.1) is 5.92 Å². The van der Waals surface area contributed by atoms with Gasteiger partial charge in [-0.3, -0.25) is 9.69 Å². The third kappa shape index (κ3) is 4.09. The van der Waals surface area contributed by atoms with E-state index >= 15 is 0 Å². The number of anilines is 1. The average molecular weight is 371 g/mol. The van der Waals surface area contributed by atoms with E-state index < -0.39 is 0 Å². The van der Waals surface area contributed by atoms with Gasteiger partial charge >= 0.3 is 0 Å². The molecule has 1 aliphatic heterocycles. The highest BCUT2D eigenvalue weighted by atomic mass is 35.5. The smallest absolute Gasteiger partial charge is 0.228 e. The van der Waals surface area contributed by atoms with Gasteiger partial charge in [0.2, 0.25) is 5.91 Å². The van der Waals surface area contributed by atoms with Crippen LogP contribution in [0.5, 0.6) is 0 Å². The van der Waals surface area contributed by atoms with Gasteiger partial charge in [-0.25, -0.2) is 0 Å². The minimum absolute atomic E-state index is 0.0166. The van der Waals surface area contributed by atoms with E-state index in [9.17, 15) is 4.79 Å². The summed E-state index contributed by atoms with van der Waals surface area (Å²) < 4.78 is 5.38. The third-order valence-corrected chi connectivity index (χ3v) is 5.51. The Bertz CT molecular complexity index is 772. The van der Waals surface area contributed by atoms with Crippen LogP contribution in [0.25, 0.3) is 0 Å². The standard InChI is InChI=1S/C21H23ClN2O2/c22-20-4-2-1-3-17(20)18-13-19(18)21(25)23-16-7-5-15(6-8-16)14-24-9-11-26-12-10-24/h1-8,18-19H,9-14H2,(H,23,25). The van der Waals surface area contributed by atoms with Gasteiger partial charge in [-0.05, 0) is 41.7 Å². The Balaban J connectivity index is 1.31. The normalized spacial score (nSPS) is 22.8. The predicted molar refractivity (Wildman–Crippen MR) is 103 cm³/mol. The monoisotopic (exact) mass is 370 g/mol. The summed E-state index contributed by atoms with van der Waals surface area (Å²) in [6.07, 6.45) is 0.866. The molecule has 2 aliphatic rings. The first-order valence-electron chi connectivity index (χ1n) is 9.15. The number of carbonyl (C=O) groups is 1. The van der Waals surface area contributed by atoms with Crippen molar-refractivity contribution in [3.05, 3.63) is 64.7 Å². The second-order valence-corrected chi connectivity index (χ2v) is 7.45. The van der Waals surface area contributed by atoms with Crippen LogP contribution in [-0.4, -0.2) is 37.1 Å². The topological polar surface area (TPSA) is 41.6 Å². The number of benzene rings is 2. The van der Waals surface area contributed by atoms with Gasteiger partial charge in [-0.15, -0.1) is 0 Å². The first-order chi connectivity index (χ1) is 12.7. The van der Waals surface area contributed by atoms with Crippen molar-refractivity contribution >= 4 is 23.2 Å². The highest BCUT2D eigenvalue weighted by Crippen LogP contribution is 2.49. The predicted octanol–water partition coefficient (Wildman–Crippen LogP) is 3.91. The maximum Gasteiger partial charge on any atom is 0.228 e. The highest BCUT2D eigenvalue weighted by molar-refractivity contribution is 6.31. The van der Waals surface area contributed by atoms with E-state index in [2.05, 4.69) is 22.3 Å². The molecule has 4 nitrogen and oxygen atoms in total. The summed E-state index contributed by atoms with van der Waals surface area (Å²) in [5, 5.41) is 3.79. The van der Waals surface area contributed by atoms with Gasteiger partial charge in [0, 0.05) is 36.3 Å². The van der Waals surface area contributed by atoms with E-state index in [-0.39, 0.29) is 17.7 Å².